The Morgan fingerprint density at radius 1 is 1.31 bits per heavy atom. The molecule has 0 radical (unpaired) electrons. The van der Waals surface area contributed by atoms with Crippen molar-refractivity contribution in [1.82, 2.24) is 0 Å². The SMILES string of the molecule is CC(C)[C@H]1C(=O)N(C)c2ccccc2[C@@H]1O. The Kier molecular flexibility index (Phi) is 2.72. The standard InChI is InChI=1S/C13H17NO2/c1-8(2)11-12(15)9-6-4-5-7-10(9)14(3)13(11)16/h4-8,11-12,15H,1-3H3/t11-,12+/m1/s1. The van der Waals surface area contributed by atoms with Gasteiger partial charge in [0.2, 0.25) is 5.91 Å². The van der Waals surface area contributed by atoms with E-state index in [1.165, 1.54) is 0 Å². The quantitative estimate of drug-likeness (QED) is 0.784. The van der Waals surface area contributed by atoms with Crippen molar-refractivity contribution in [1.29, 1.82) is 0 Å². The second kappa shape index (κ2) is 3.91. The summed E-state index contributed by atoms with van der Waals surface area (Å²) in [5.41, 5.74) is 1.67. The lowest BCUT2D eigenvalue weighted by Gasteiger charge is -2.37. The molecule has 0 saturated carbocycles. The molecule has 0 aromatic heterocycles. The van der Waals surface area contributed by atoms with Crippen molar-refractivity contribution in [2.75, 3.05) is 11.9 Å². The number of hydrogen-bond donors (Lipinski definition) is 1. The van der Waals surface area contributed by atoms with Crippen molar-refractivity contribution in [3.8, 4) is 0 Å². The zero-order chi connectivity index (χ0) is 11.9. The zero-order valence-corrected chi connectivity index (χ0v) is 9.84. The third-order valence-corrected chi connectivity index (χ3v) is 3.29. The first-order valence-electron chi connectivity index (χ1n) is 5.58. The minimum Gasteiger partial charge on any atom is -0.387 e. The number of aliphatic hydroxyl groups excluding tert-OH is 1. The van der Waals surface area contributed by atoms with Crippen LogP contribution in [0.25, 0.3) is 0 Å². The summed E-state index contributed by atoms with van der Waals surface area (Å²) in [5, 5.41) is 10.2. The molecule has 3 heteroatoms. The van der Waals surface area contributed by atoms with Crippen LogP contribution in [-0.2, 0) is 4.79 Å². The molecule has 1 amide bonds. The van der Waals surface area contributed by atoms with E-state index in [-0.39, 0.29) is 17.7 Å². The van der Waals surface area contributed by atoms with Crippen LogP contribution in [0.1, 0.15) is 25.5 Å². The fraction of sp³-hybridized carbons (Fsp3) is 0.462. The summed E-state index contributed by atoms with van der Waals surface area (Å²) in [6.07, 6.45) is -0.681. The van der Waals surface area contributed by atoms with E-state index >= 15 is 0 Å². The maximum absolute atomic E-state index is 12.1. The molecule has 3 nitrogen and oxygen atoms in total. The molecule has 0 bridgehead atoms. The summed E-state index contributed by atoms with van der Waals surface area (Å²) in [6.45, 7) is 3.93. The van der Waals surface area contributed by atoms with Crippen LogP contribution in [0.2, 0.25) is 0 Å². The second-order valence-corrected chi connectivity index (χ2v) is 4.67. The van der Waals surface area contributed by atoms with Crippen molar-refractivity contribution in [2.45, 2.75) is 20.0 Å². The van der Waals surface area contributed by atoms with Gasteiger partial charge in [-0.1, -0.05) is 32.0 Å². The number of rotatable bonds is 1. The third-order valence-electron chi connectivity index (χ3n) is 3.29. The van der Waals surface area contributed by atoms with Crippen LogP contribution in [0, 0.1) is 11.8 Å². The highest BCUT2D eigenvalue weighted by molar-refractivity contribution is 5.98. The van der Waals surface area contributed by atoms with Gasteiger partial charge in [-0.2, -0.15) is 0 Å². The van der Waals surface area contributed by atoms with Gasteiger partial charge in [-0.15, -0.1) is 0 Å². The number of para-hydroxylation sites is 1. The van der Waals surface area contributed by atoms with E-state index in [2.05, 4.69) is 0 Å². The molecule has 16 heavy (non-hydrogen) atoms. The van der Waals surface area contributed by atoms with Gasteiger partial charge in [0.1, 0.15) is 0 Å². The molecule has 1 aromatic rings. The lowest BCUT2D eigenvalue weighted by Crippen LogP contribution is -2.43. The summed E-state index contributed by atoms with van der Waals surface area (Å²) in [5.74, 6) is -0.195. The van der Waals surface area contributed by atoms with Gasteiger partial charge in [-0.05, 0) is 12.0 Å². The Labute approximate surface area is 95.7 Å². The van der Waals surface area contributed by atoms with Crippen LogP contribution in [0.3, 0.4) is 0 Å². The molecule has 0 aliphatic carbocycles. The molecular formula is C13H17NO2. The normalized spacial score (nSPS) is 24.8. The molecule has 1 aliphatic rings. The van der Waals surface area contributed by atoms with Crippen LogP contribution in [0.5, 0.6) is 0 Å². The van der Waals surface area contributed by atoms with Gasteiger partial charge in [0.05, 0.1) is 12.0 Å². The first-order valence-corrected chi connectivity index (χ1v) is 5.58. The van der Waals surface area contributed by atoms with Gasteiger partial charge >= 0.3 is 0 Å². The van der Waals surface area contributed by atoms with E-state index in [1.807, 2.05) is 38.1 Å². The van der Waals surface area contributed by atoms with Gasteiger partial charge in [-0.25, -0.2) is 0 Å². The molecular weight excluding hydrogens is 202 g/mol. The highest BCUT2D eigenvalue weighted by atomic mass is 16.3. The van der Waals surface area contributed by atoms with Crippen LogP contribution in [0.15, 0.2) is 24.3 Å². The molecule has 1 aliphatic heterocycles. The van der Waals surface area contributed by atoms with E-state index in [4.69, 9.17) is 0 Å². The van der Waals surface area contributed by atoms with Gasteiger partial charge in [0.25, 0.3) is 0 Å². The Morgan fingerprint density at radius 3 is 2.56 bits per heavy atom. The zero-order valence-electron chi connectivity index (χ0n) is 9.84. The average molecular weight is 219 g/mol. The number of fused-ring (bicyclic) bond motifs is 1. The maximum Gasteiger partial charge on any atom is 0.233 e. The average Bonchev–Trinajstić information content (AvgIpc) is 2.26. The fourth-order valence-corrected chi connectivity index (χ4v) is 2.36. The summed E-state index contributed by atoms with van der Waals surface area (Å²) >= 11 is 0. The van der Waals surface area contributed by atoms with Crippen molar-refractivity contribution in [3.05, 3.63) is 29.8 Å². The van der Waals surface area contributed by atoms with Crippen molar-refractivity contribution >= 4 is 11.6 Å². The van der Waals surface area contributed by atoms with E-state index in [0.29, 0.717) is 0 Å². The van der Waals surface area contributed by atoms with Gasteiger partial charge < -0.3 is 10.0 Å². The monoisotopic (exact) mass is 219 g/mol. The molecule has 0 unspecified atom stereocenters. The lowest BCUT2D eigenvalue weighted by molar-refractivity contribution is -0.128. The summed E-state index contributed by atoms with van der Waals surface area (Å²) in [4.78, 5) is 13.8. The van der Waals surface area contributed by atoms with Crippen LogP contribution < -0.4 is 4.90 Å². The summed E-state index contributed by atoms with van der Waals surface area (Å²) in [6, 6.07) is 7.53. The molecule has 1 heterocycles. The number of benzene rings is 1. The molecule has 0 fully saturated rings. The molecule has 0 spiro atoms. The lowest BCUT2D eigenvalue weighted by atomic mass is 9.82. The third kappa shape index (κ3) is 1.52. The number of carbonyl (C=O) groups is 1. The Morgan fingerprint density at radius 2 is 1.94 bits per heavy atom. The minimum absolute atomic E-state index is 0.00111. The Balaban J connectivity index is 2.52. The van der Waals surface area contributed by atoms with Crippen molar-refractivity contribution in [3.63, 3.8) is 0 Å². The van der Waals surface area contributed by atoms with Crippen LogP contribution in [-0.4, -0.2) is 18.1 Å². The number of hydrogen-bond acceptors (Lipinski definition) is 2. The number of amides is 1. The molecule has 2 atom stereocenters. The van der Waals surface area contributed by atoms with E-state index in [0.717, 1.165) is 11.3 Å². The summed E-state index contributed by atoms with van der Waals surface area (Å²) in [7, 11) is 1.77. The van der Waals surface area contributed by atoms with Gasteiger partial charge in [0, 0.05) is 18.3 Å². The first kappa shape index (κ1) is 11.1. The smallest absolute Gasteiger partial charge is 0.233 e. The topological polar surface area (TPSA) is 40.5 Å². The van der Waals surface area contributed by atoms with Crippen molar-refractivity contribution in [2.24, 2.45) is 11.8 Å². The largest absolute Gasteiger partial charge is 0.387 e. The Bertz CT molecular complexity index is 414. The molecule has 2 rings (SSSR count). The number of anilines is 1. The van der Waals surface area contributed by atoms with Crippen LogP contribution >= 0.6 is 0 Å². The van der Waals surface area contributed by atoms with Gasteiger partial charge in [-0.3, -0.25) is 4.79 Å². The maximum atomic E-state index is 12.1. The molecule has 86 valence electrons. The van der Waals surface area contributed by atoms with Crippen LogP contribution in [0.4, 0.5) is 5.69 Å². The first-order chi connectivity index (χ1) is 7.54. The fourth-order valence-electron chi connectivity index (χ4n) is 2.36. The van der Waals surface area contributed by atoms with Gasteiger partial charge in [0.15, 0.2) is 0 Å². The predicted molar refractivity (Wildman–Crippen MR) is 63.1 cm³/mol. The van der Waals surface area contributed by atoms with E-state index in [1.54, 1.807) is 11.9 Å². The van der Waals surface area contributed by atoms with Crippen molar-refractivity contribution < 1.29 is 9.90 Å². The minimum atomic E-state index is -0.681. The molecule has 1 N–H and O–H groups in total. The molecule has 0 saturated heterocycles. The van der Waals surface area contributed by atoms with E-state index in [9.17, 15) is 9.90 Å². The predicted octanol–water partition coefficient (Wildman–Crippen LogP) is 1.97. The molecule has 1 aromatic carbocycles. The highest BCUT2D eigenvalue weighted by Crippen LogP contribution is 2.39. The number of nitrogens with zero attached hydrogens (tertiary/aromatic N) is 1. The number of carbonyl (C=O) groups excluding carboxylic acids is 1. The number of aliphatic hydroxyl groups is 1. The Hall–Kier alpha value is -1.35. The highest BCUT2D eigenvalue weighted by Gasteiger charge is 2.39. The van der Waals surface area contributed by atoms with E-state index < -0.39 is 6.10 Å². The summed E-state index contributed by atoms with van der Waals surface area (Å²) < 4.78 is 0. The second-order valence-electron chi connectivity index (χ2n) is 4.67.